The highest BCUT2D eigenvalue weighted by molar-refractivity contribution is 5.68. The van der Waals surface area contributed by atoms with Crippen molar-refractivity contribution in [3.05, 3.63) is 5.21 Å². The summed E-state index contributed by atoms with van der Waals surface area (Å²) in [4.78, 5) is 11.3. The highest BCUT2D eigenvalue weighted by atomic mass is 16.6. The Balaban J connectivity index is 2.29. The maximum Gasteiger partial charge on any atom is 0.407 e. The molecule has 1 N–H and O–H groups in total. The summed E-state index contributed by atoms with van der Waals surface area (Å²) in [5, 5.41) is 14.4. The molecule has 1 aliphatic rings. The first kappa shape index (κ1) is 11.3. The van der Waals surface area contributed by atoms with Gasteiger partial charge in [0.1, 0.15) is 5.60 Å². The summed E-state index contributed by atoms with van der Waals surface area (Å²) in [6, 6.07) is -0.232. The second-order valence-electron chi connectivity index (χ2n) is 4.59. The molecule has 14 heavy (non-hydrogen) atoms. The van der Waals surface area contributed by atoms with Crippen LogP contribution in [0.5, 0.6) is 0 Å². The highest BCUT2D eigenvalue weighted by Crippen LogP contribution is 2.16. The Kier molecular flexibility index (Phi) is 3.01. The number of nitrogens with zero attached hydrogens (tertiary/aromatic N) is 1. The van der Waals surface area contributed by atoms with Crippen molar-refractivity contribution in [1.82, 2.24) is 10.4 Å². The first-order valence-corrected chi connectivity index (χ1v) is 4.73. The molecule has 2 atom stereocenters. The molecule has 1 amide bonds. The van der Waals surface area contributed by atoms with Crippen LogP contribution in [-0.4, -0.2) is 35.4 Å². The number of hydrogen-bond acceptors (Lipinski definition) is 4. The average molecular weight is 201 g/mol. The van der Waals surface area contributed by atoms with Gasteiger partial charge in [-0.1, -0.05) is 0 Å². The Morgan fingerprint density at radius 2 is 2.14 bits per heavy atom. The molecule has 0 aromatic rings. The van der Waals surface area contributed by atoms with Crippen LogP contribution in [0.25, 0.3) is 0 Å². The monoisotopic (exact) mass is 201 g/mol. The number of hydroxylamine groups is 2. The SMILES string of the molecule is CC1[C@@H](NC(=O)OC(C)(C)C)CN1[O-]. The fraction of sp³-hybridized carbons (Fsp3) is 0.889. The normalized spacial score (nSPS) is 28.1. The second kappa shape index (κ2) is 3.74. The van der Waals surface area contributed by atoms with Gasteiger partial charge in [-0.3, -0.25) is 0 Å². The predicted octanol–water partition coefficient (Wildman–Crippen LogP) is 1.08. The van der Waals surface area contributed by atoms with Gasteiger partial charge in [0.25, 0.3) is 0 Å². The van der Waals surface area contributed by atoms with E-state index in [-0.39, 0.29) is 12.1 Å². The van der Waals surface area contributed by atoms with Gasteiger partial charge in [-0.15, -0.1) is 0 Å². The Labute approximate surface area is 84.0 Å². The molecule has 5 nitrogen and oxygen atoms in total. The molecule has 0 aliphatic carbocycles. The summed E-state index contributed by atoms with van der Waals surface area (Å²) in [5.41, 5.74) is -0.492. The third kappa shape index (κ3) is 2.85. The minimum absolute atomic E-state index is 0.0812. The van der Waals surface area contributed by atoms with Crippen LogP contribution in [0.2, 0.25) is 0 Å². The molecule has 0 aromatic heterocycles. The highest BCUT2D eigenvalue weighted by Gasteiger charge is 2.31. The van der Waals surface area contributed by atoms with Gasteiger partial charge in [-0.25, -0.2) is 4.79 Å². The molecule has 82 valence electrons. The van der Waals surface area contributed by atoms with E-state index in [0.29, 0.717) is 6.54 Å². The molecule has 1 heterocycles. The number of hydrogen-bond donors (Lipinski definition) is 1. The van der Waals surface area contributed by atoms with Crippen molar-refractivity contribution in [2.24, 2.45) is 0 Å². The van der Waals surface area contributed by atoms with Gasteiger partial charge in [0.05, 0.1) is 6.04 Å². The fourth-order valence-corrected chi connectivity index (χ4v) is 1.20. The standard InChI is InChI=1S/C9H17N2O3/c1-6-7(5-11(6)13)10-8(12)14-9(2,3)4/h6-7H,5H2,1-4H3,(H,10,12)/q-1/t6?,7-/m0/s1. The van der Waals surface area contributed by atoms with E-state index in [4.69, 9.17) is 4.74 Å². The van der Waals surface area contributed by atoms with Crippen molar-refractivity contribution in [2.45, 2.75) is 45.4 Å². The molecule has 0 bridgehead atoms. The minimum atomic E-state index is -0.492. The van der Waals surface area contributed by atoms with Crippen LogP contribution in [0.4, 0.5) is 4.79 Å². The molecular formula is C9H17N2O3-. The number of rotatable bonds is 1. The molecule has 0 spiro atoms. The van der Waals surface area contributed by atoms with Crippen molar-refractivity contribution in [2.75, 3.05) is 6.54 Å². The number of nitrogens with one attached hydrogen (secondary N) is 1. The summed E-state index contributed by atoms with van der Waals surface area (Å²) in [6.07, 6.45) is -0.456. The molecule has 0 radical (unpaired) electrons. The molecule has 0 aromatic carbocycles. The molecule has 1 unspecified atom stereocenters. The van der Waals surface area contributed by atoms with E-state index in [9.17, 15) is 10.0 Å². The van der Waals surface area contributed by atoms with Crippen LogP contribution in [0.3, 0.4) is 0 Å². The molecule has 1 aliphatic heterocycles. The van der Waals surface area contributed by atoms with Gasteiger partial charge >= 0.3 is 6.09 Å². The summed E-state index contributed by atoms with van der Waals surface area (Å²) < 4.78 is 5.06. The third-order valence-corrected chi connectivity index (χ3v) is 2.12. The van der Waals surface area contributed by atoms with E-state index >= 15 is 0 Å². The lowest BCUT2D eigenvalue weighted by molar-refractivity contribution is 0.0360. The van der Waals surface area contributed by atoms with Gasteiger partial charge in [0.15, 0.2) is 0 Å². The number of amides is 1. The van der Waals surface area contributed by atoms with E-state index in [2.05, 4.69) is 5.32 Å². The van der Waals surface area contributed by atoms with Crippen LogP contribution in [0.1, 0.15) is 27.7 Å². The maximum absolute atomic E-state index is 11.3. The fourth-order valence-electron chi connectivity index (χ4n) is 1.20. The molecule has 5 heteroatoms. The number of ether oxygens (including phenoxy) is 1. The number of carbonyl (C=O) groups is 1. The van der Waals surface area contributed by atoms with Gasteiger partial charge < -0.3 is 20.3 Å². The van der Waals surface area contributed by atoms with E-state index in [0.717, 1.165) is 5.06 Å². The number of carbonyl (C=O) groups excluding carboxylic acids is 1. The van der Waals surface area contributed by atoms with Crippen LogP contribution >= 0.6 is 0 Å². The zero-order chi connectivity index (χ0) is 10.9. The van der Waals surface area contributed by atoms with E-state index < -0.39 is 11.7 Å². The largest absolute Gasteiger partial charge is 0.785 e. The van der Waals surface area contributed by atoms with Crippen LogP contribution in [-0.2, 0) is 4.74 Å². The quantitative estimate of drug-likeness (QED) is 0.689. The van der Waals surface area contributed by atoms with Crippen molar-refractivity contribution < 1.29 is 9.53 Å². The van der Waals surface area contributed by atoms with Gasteiger partial charge in [0.2, 0.25) is 0 Å². The zero-order valence-corrected chi connectivity index (χ0v) is 9.03. The Hall–Kier alpha value is -0.810. The van der Waals surface area contributed by atoms with E-state index in [1.807, 2.05) is 0 Å². The van der Waals surface area contributed by atoms with Crippen molar-refractivity contribution >= 4 is 6.09 Å². The van der Waals surface area contributed by atoms with Crippen molar-refractivity contribution in [1.29, 1.82) is 0 Å². The van der Waals surface area contributed by atoms with Gasteiger partial charge in [-0.05, 0) is 27.7 Å². The molecule has 1 fully saturated rings. The van der Waals surface area contributed by atoms with Gasteiger partial charge in [0, 0.05) is 12.6 Å². The first-order chi connectivity index (χ1) is 6.29. The zero-order valence-electron chi connectivity index (χ0n) is 9.03. The van der Waals surface area contributed by atoms with Gasteiger partial charge in [-0.2, -0.15) is 0 Å². The third-order valence-electron chi connectivity index (χ3n) is 2.12. The smallest absolute Gasteiger partial charge is 0.407 e. The molecule has 1 saturated heterocycles. The maximum atomic E-state index is 11.3. The molecule has 1 rings (SSSR count). The minimum Gasteiger partial charge on any atom is -0.785 e. The number of alkyl carbamates (subject to hydrolysis) is 1. The average Bonchev–Trinajstić information content (AvgIpc) is 2.00. The Morgan fingerprint density at radius 1 is 1.57 bits per heavy atom. The lowest BCUT2D eigenvalue weighted by atomic mass is 10.0. The Morgan fingerprint density at radius 3 is 2.50 bits per heavy atom. The van der Waals surface area contributed by atoms with E-state index in [1.165, 1.54) is 0 Å². The van der Waals surface area contributed by atoms with Crippen molar-refractivity contribution in [3.63, 3.8) is 0 Å². The predicted molar refractivity (Wildman–Crippen MR) is 52.7 cm³/mol. The lowest BCUT2D eigenvalue weighted by Gasteiger charge is -2.51. The molecule has 0 saturated carbocycles. The molecular weight excluding hydrogens is 184 g/mol. The Bertz CT molecular complexity index is 225. The van der Waals surface area contributed by atoms with E-state index in [1.54, 1.807) is 27.7 Å². The van der Waals surface area contributed by atoms with Crippen molar-refractivity contribution in [3.8, 4) is 0 Å². The van der Waals surface area contributed by atoms with Crippen LogP contribution < -0.4 is 5.32 Å². The summed E-state index contributed by atoms with van der Waals surface area (Å²) in [5.74, 6) is 0. The lowest BCUT2D eigenvalue weighted by Crippen LogP contribution is -2.63. The second-order valence-corrected chi connectivity index (χ2v) is 4.59. The summed E-state index contributed by atoms with van der Waals surface area (Å²) in [7, 11) is 0. The summed E-state index contributed by atoms with van der Waals surface area (Å²) >= 11 is 0. The topological polar surface area (TPSA) is 64.6 Å². The van der Waals surface area contributed by atoms with Crippen LogP contribution in [0.15, 0.2) is 0 Å². The summed E-state index contributed by atoms with van der Waals surface area (Å²) in [6.45, 7) is 7.53. The van der Waals surface area contributed by atoms with Crippen LogP contribution in [0, 0.1) is 5.21 Å². The first-order valence-electron chi connectivity index (χ1n) is 4.73.